The standard InChI is InChI=1S/C20H31N5O3/c1-3-16(2)22-18(26)9-10-21-20(28)25-13-11-24(12-14-25)15-19(27)23-17-7-5-4-6-8-17/h4-8,16H,3,9-15H2,1-2H3,(H,21,28)(H,22,26)(H,23,27). The minimum absolute atomic E-state index is 0.0519. The molecule has 0 radical (unpaired) electrons. The maximum absolute atomic E-state index is 12.2. The number of carbonyl (C=O) groups is 3. The molecular formula is C20H31N5O3. The Labute approximate surface area is 166 Å². The van der Waals surface area contributed by atoms with Crippen molar-refractivity contribution in [2.75, 3.05) is 44.6 Å². The monoisotopic (exact) mass is 389 g/mol. The van der Waals surface area contributed by atoms with Crippen molar-refractivity contribution >= 4 is 23.5 Å². The molecule has 0 saturated carbocycles. The molecule has 1 unspecified atom stereocenters. The van der Waals surface area contributed by atoms with Crippen molar-refractivity contribution in [3.63, 3.8) is 0 Å². The van der Waals surface area contributed by atoms with Crippen molar-refractivity contribution in [1.29, 1.82) is 0 Å². The molecule has 1 aromatic carbocycles. The van der Waals surface area contributed by atoms with Gasteiger partial charge in [0.05, 0.1) is 6.54 Å². The lowest BCUT2D eigenvalue weighted by atomic mass is 10.2. The van der Waals surface area contributed by atoms with Gasteiger partial charge in [0.15, 0.2) is 0 Å². The maximum Gasteiger partial charge on any atom is 0.317 e. The van der Waals surface area contributed by atoms with Crippen molar-refractivity contribution in [3.8, 4) is 0 Å². The molecule has 1 saturated heterocycles. The molecule has 2 rings (SSSR count). The molecule has 8 heteroatoms. The predicted molar refractivity (Wildman–Crippen MR) is 109 cm³/mol. The Morgan fingerprint density at radius 3 is 2.36 bits per heavy atom. The zero-order chi connectivity index (χ0) is 20.4. The Kier molecular flexibility index (Phi) is 8.74. The van der Waals surface area contributed by atoms with E-state index in [1.54, 1.807) is 4.90 Å². The van der Waals surface area contributed by atoms with Crippen LogP contribution in [0.5, 0.6) is 0 Å². The second-order valence-electron chi connectivity index (χ2n) is 7.04. The van der Waals surface area contributed by atoms with Crippen molar-refractivity contribution in [1.82, 2.24) is 20.4 Å². The Morgan fingerprint density at radius 1 is 1.04 bits per heavy atom. The van der Waals surface area contributed by atoms with Crippen LogP contribution in [0.25, 0.3) is 0 Å². The van der Waals surface area contributed by atoms with E-state index in [2.05, 4.69) is 16.0 Å². The Hall–Kier alpha value is -2.61. The Balaban J connectivity index is 1.62. The van der Waals surface area contributed by atoms with Gasteiger partial charge in [0.2, 0.25) is 11.8 Å². The number of urea groups is 1. The van der Waals surface area contributed by atoms with Gasteiger partial charge < -0.3 is 20.9 Å². The van der Waals surface area contributed by atoms with Crippen LogP contribution in [-0.4, -0.2) is 73.0 Å². The minimum Gasteiger partial charge on any atom is -0.354 e. The first-order valence-electron chi connectivity index (χ1n) is 9.87. The highest BCUT2D eigenvalue weighted by Gasteiger charge is 2.22. The number of nitrogens with zero attached hydrogens (tertiary/aromatic N) is 2. The van der Waals surface area contributed by atoms with Crippen LogP contribution >= 0.6 is 0 Å². The summed E-state index contributed by atoms with van der Waals surface area (Å²) in [5.41, 5.74) is 0.780. The van der Waals surface area contributed by atoms with E-state index in [0.29, 0.717) is 39.3 Å². The summed E-state index contributed by atoms with van der Waals surface area (Å²) >= 11 is 0. The lowest BCUT2D eigenvalue weighted by molar-refractivity contribution is -0.121. The average Bonchev–Trinajstić information content (AvgIpc) is 2.69. The topological polar surface area (TPSA) is 93.8 Å². The largest absolute Gasteiger partial charge is 0.354 e. The summed E-state index contributed by atoms with van der Waals surface area (Å²) in [6.45, 7) is 7.00. The van der Waals surface area contributed by atoms with Gasteiger partial charge in [-0.05, 0) is 25.5 Å². The molecule has 0 aromatic heterocycles. The maximum atomic E-state index is 12.2. The van der Waals surface area contributed by atoms with E-state index in [0.717, 1.165) is 12.1 Å². The summed E-state index contributed by atoms with van der Waals surface area (Å²) in [6, 6.07) is 9.34. The number of carbonyl (C=O) groups excluding carboxylic acids is 3. The van der Waals surface area contributed by atoms with E-state index in [1.165, 1.54) is 0 Å². The molecule has 1 atom stereocenters. The normalized spacial score (nSPS) is 15.6. The van der Waals surface area contributed by atoms with Gasteiger partial charge >= 0.3 is 6.03 Å². The van der Waals surface area contributed by atoms with Crippen LogP contribution in [-0.2, 0) is 9.59 Å². The molecule has 0 aliphatic carbocycles. The first kappa shape index (κ1) is 21.7. The summed E-state index contributed by atoms with van der Waals surface area (Å²) in [6.07, 6.45) is 1.15. The molecular weight excluding hydrogens is 358 g/mol. The molecule has 1 aromatic rings. The highest BCUT2D eigenvalue weighted by Crippen LogP contribution is 2.06. The van der Waals surface area contributed by atoms with Crippen LogP contribution in [0, 0.1) is 0 Å². The van der Waals surface area contributed by atoms with Gasteiger partial charge in [-0.1, -0.05) is 25.1 Å². The lowest BCUT2D eigenvalue weighted by Crippen LogP contribution is -2.53. The van der Waals surface area contributed by atoms with Crippen LogP contribution in [0.3, 0.4) is 0 Å². The van der Waals surface area contributed by atoms with Crippen molar-refractivity contribution in [3.05, 3.63) is 30.3 Å². The highest BCUT2D eigenvalue weighted by atomic mass is 16.2. The van der Waals surface area contributed by atoms with Gasteiger partial charge in [-0.2, -0.15) is 0 Å². The van der Waals surface area contributed by atoms with Gasteiger partial charge in [-0.25, -0.2) is 4.79 Å². The van der Waals surface area contributed by atoms with Crippen molar-refractivity contribution < 1.29 is 14.4 Å². The third kappa shape index (κ3) is 7.56. The van der Waals surface area contributed by atoms with Crippen molar-refractivity contribution in [2.45, 2.75) is 32.7 Å². The number of para-hydroxylation sites is 1. The molecule has 0 spiro atoms. The van der Waals surface area contributed by atoms with Crippen LogP contribution < -0.4 is 16.0 Å². The molecule has 3 N–H and O–H groups in total. The smallest absolute Gasteiger partial charge is 0.317 e. The summed E-state index contributed by atoms with van der Waals surface area (Å²) < 4.78 is 0. The van der Waals surface area contributed by atoms with E-state index in [4.69, 9.17) is 0 Å². The zero-order valence-corrected chi connectivity index (χ0v) is 16.7. The third-order valence-corrected chi connectivity index (χ3v) is 4.73. The SMILES string of the molecule is CCC(C)NC(=O)CCNC(=O)N1CCN(CC(=O)Nc2ccccc2)CC1. The van der Waals surface area contributed by atoms with Crippen LogP contribution in [0.2, 0.25) is 0 Å². The first-order chi connectivity index (χ1) is 13.5. The molecule has 154 valence electrons. The molecule has 1 heterocycles. The quantitative estimate of drug-likeness (QED) is 0.624. The number of piperazine rings is 1. The van der Waals surface area contributed by atoms with Gasteiger partial charge in [-0.3, -0.25) is 14.5 Å². The highest BCUT2D eigenvalue weighted by molar-refractivity contribution is 5.92. The first-order valence-corrected chi connectivity index (χ1v) is 9.87. The minimum atomic E-state index is -0.162. The van der Waals surface area contributed by atoms with Gasteiger partial charge in [0, 0.05) is 50.9 Å². The van der Waals surface area contributed by atoms with E-state index in [1.807, 2.05) is 49.1 Å². The molecule has 1 aliphatic heterocycles. The van der Waals surface area contributed by atoms with Gasteiger partial charge in [-0.15, -0.1) is 0 Å². The number of benzene rings is 1. The number of hydrogen-bond acceptors (Lipinski definition) is 4. The number of hydrogen-bond donors (Lipinski definition) is 3. The summed E-state index contributed by atoms with van der Waals surface area (Å²) in [5.74, 6) is -0.111. The fourth-order valence-corrected chi connectivity index (χ4v) is 2.88. The fourth-order valence-electron chi connectivity index (χ4n) is 2.88. The van der Waals surface area contributed by atoms with Gasteiger partial charge in [0.1, 0.15) is 0 Å². The Morgan fingerprint density at radius 2 is 1.71 bits per heavy atom. The zero-order valence-electron chi connectivity index (χ0n) is 16.7. The Bertz CT molecular complexity index is 645. The summed E-state index contributed by atoms with van der Waals surface area (Å²) in [4.78, 5) is 39.8. The third-order valence-electron chi connectivity index (χ3n) is 4.73. The number of rotatable bonds is 8. The molecule has 1 fully saturated rings. The average molecular weight is 390 g/mol. The van der Waals surface area contributed by atoms with Crippen molar-refractivity contribution in [2.24, 2.45) is 0 Å². The number of anilines is 1. The number of nitrogens with one attached hydrogen (secondary N) is 3. The number of amides is 4. The lowest BCUT2D eigenvalue weighted by Gasteiger charge is -2.34. The van der Waals surface area contributed by atoms with Crippen LogP contribution in [0.4, 0.5) is 10.5 Å². The molecule has 1 aliphatic rings. The van der Waals surface area contributed by atoms with E-state index >= 15 is 0 Å². The van der Waals surface area contributed by atoms with E-state index < -0.39 is 0 Å². The van der Waals surface area contributed by atoms with Gasteiger partial charge in [0.25, 0.3) is 0 Å². The van der Waals surface area contributed by atoms with Crippen LogP contribution in [0.15, 0.2) is 30.3 Å². The molecule has 8 nitrogen and oxygen atoms in total. The summed E-state index contributed by atoms with van der Waals surface area (Å²) in [7, 11) is 0. The molecule has 0 bridgehead atoms. The second-order valence-corrected chi connectivity index (χ2v) is 7.04. The molecule has 28 heavy (non-hydrogen) atoms. The second kappa shape index (κ2) is 11.3. The summed E-state index contributed by atoms with van der Waals surface area (Å²) in [5, 5.41) is 8.53. The van der Waals surface area contributed by atoms with Crippen LogP contribution in [0.1, 0.15) is 26.7 Å². The van der Waals surface area contributed by atoms with E-state index in [-0.39, 0.29) is 30.3 Å². The molecule has 4 amide bonds. The van der Waals surface area contributed by atoms with E-state index in [9.17, 15) is 14.4 Å². The predicted octanol–water partition coefficient (Wildman–Crippen LogP) is 1.26. The fraction of sp³-hybridized carbons (Fsp3) is 0.550.